The van der Waals surface area contributed by atoms with E-state index in [1.165, 1.54) is 7.11 Å². The van der Waals surface area contributed by atoms with E-state index < -0.39 is 0 Å². The average molecular weight is 251 g/mol. The number of nitrogens with two attached hydrogens (primary N) is 1. The van der Waals surface area contributed by atoms with Gasteiger partial charge in [-0.15, -0.1) is 0 Å². The number of rotatable bonds is 4. The third-order valence-corrected chi connectivity index (χ3v) is 3.28. The molecule has 1 rings (SSSR count). The lowest BCUT2D eigenvalue weighted by Crippen LogP contribution is -2.18. The van der Waals surface area contributed by atoms with Crippen LogP contribution < -0.4 is 10.5 Å². The molecule has 0 saturated heterocycles. The van der Waals surface area contributed by atoms with Crippen LogP contribution in [0.2, 0.25) is 0 Å². The quantitative estimate of drug-likeness (QED) is 0.833. The van der Waals surface area contributed by atoms with Crippen LogP contribution in [-0.4, -0.2) is 20.2 Å². The zero-order valence-corrected chi connectivity index (χ0v) is 11.7. The molecule has 0 heterocycles. The number of carbonyl (C=O) groups is 1. The summed E-state index contributed by atoms with van der Waals surface area (Å²) in [6.07, 6.45) is 0.183. The first kappa shape index (κ1) is 14.5. The summed E-state index contributed by atoms with van der Waals surface area (Å²) < 4.78 is 10.0. The molecule has 100 valence electrons. The highest BCUT2D eigenvalue weighted by atomic mass is 16.5. The van der Waals surface area contributed by atoms with Gasteiger partial charge in [-0.05, 0) is 43.0 Å². The van der Waals surface area contributed by atoms with Crippen molar-refractivity contribution in [2.75, 3.05) is 14.2 Å². The monoisotopic (exact) mass is 251 g/mol. The number of ether oxygens (including phenoxy) is 2. The van der Waals surface area contributed by atoms with Crippen molar-refractivity contribution in [3.8, 4) is 5.75 Å². The number of hydrogen-bond acceptors (Lipinski definition) is 4. The van der Waals surface area contributed by atoms with E-state index in [1.807, 2.05) is 26.8 Å². The van der Waals surface area contributed by atoms with Gasteiger partial charge in [0.2, 0.25) is 0 Å². The summed E-state index contributed by atoms with van der Waals surface area (Å²) in [7, 11) is 3.02. The molecule has 4 heteroatoms. The van der Waals surface area contributed by atoms with Gasteiger partial charge in [-0.1, -0.05) is 6.07 Å². The number of benzene rings is 1. The lowest BCUT2D eigenvalue weighted by molar-refractivity contribution is -0.141. The Hall–Kier alpha value is -1.55. The molecular weight excluding hydrogens is 230 g/mol. The smallest absolute Gasteiger partial charge is 0.307 e. The van der Waals surface area contributed by atoms with E-state index in [-0.39, 0.29) is 18.4 Å². The van der Waals surface area contributed by atoms with E-state index in [0.717, 1.165) is 28.0 Å². The minimum Gasteiger partial charge on any atom is -0.496 e. The molecular formula is C14H21NO3. The zero-order valence-electron chi connectivity index (χ0n) is 11.7. The molecule has 4 nitrogen and oxygen atoms in total. The van der Waals surface area contributed by atoms with Crippen LogP contribution in [0, 0.1) is 20.8 Å². The summed E-state index contributed by atoms with van der Waals surface area (Å²) in [4.78, 5) is 11.3. The minimum atomic E-state index is -0.347. The summed E-state index contributed by atoms with van der Waals surface area (Å²) >= 11 is 0. The van der Waals surface area contributed by atoms with Crippen molar-refractivity contribution in [3.05, 3.63) is 28.3 Å². The maximum atomic E-state index is 11.3. The molecule has 0 aromatic heterocycles. The van der Waals surface area contributed by atoms with Crippen LogP contribution >= 0.6 is 0 Å². The van der Waals surface area contributed by atoms with E-state index in [4.69, 9.17) is 10.5 Å². The highest BCUT2D eigenvalue weighted by molar-refractivity contribution is 5.70. The number of carbonyl (C=O) groups excluding carboxylic acids is 1. The Labute approximate surface area is 108 Å². The van der Waals surface area contributed by atoms with Gasteiger partial charge in [0.25, 0.3) is 0 Å². The number of hydrogen-bond donors (Lipinski definition) is 1. The van der Waals surface area contributed by atoms with Gasteiger partial charge in [0.05, 0.1) is 20.6 Å². The molecule has 1 aromatic rings. The lowest BCUT2D eigenvalue weighted by Gasteiger charge is -2.19. The predicted molar refractivity (Wildman–Crippen MR) is 70.8 cm³/mol. The van der Waals surface area contributed by atoms with E-state index >= 15 is 0 Å². The molecule has 0 spiro atoms. The maximum Gasteiger partial charge on any atom is 0.307 e. The predicted octanol–water partition coefficient (Wildman–Crippen LogP) is 2.18. The summed E-state index contributed by atoms with van der Waals surface area (Å²) in [5.41, 5.74) is 10.2. The van der Waals surface area contributed by atoms with Crippen LogP contribution in [0.25, 0.3) is 0 Å². The van der Waals surface area contributed by atoms with Crippen molar-refractivity contribution < 1.29 is 14.3 Å². The molecule has 0 fully saturated rings. The van der Waals surface area contributed by atoms with Gasteiger partial charge in [0.1, 0.15) is 5.75 Å². The van der Waals surface area contributed by atoms with Crippen LogP contribution in [0.5, 0.6) is 5.75 Å². The maximum absolute atomic E-state index is 11.3. The molecule has 0 radical (unpaired) electrons. The zero-order chi connectivity index (χ0) is 13.9. The molecule has 1 unspecified atom stereocenters. The van der Waals surface area contributed by atoms with Gasteiger partial charge in [0.15, 0.2) is 0 Å². The second-order valence-corrected chi connectivity index (χ2v) is 4.45. The van der Waals surface area contributed by atoms with Crippen LogP contribution in [-0.2, 0) is 9.53 Å². The number of methoxy groups -OCH3 is 2. The normalized spacial score (nSPS) is 12.1. The summed E-state index contributed by atoms with van der Waals surface area (Å²) in [5.74, 6) is 0.578. The lowest BCUT2D eigenvalue weighted by atomic mass is 9.93. The van der Waals surface area contributed by atoms with E-state index in [9.17, 15) is 4.79 Å². The van der Waals surface area contributed by atoms with Gasteiger partial charge < -0.3 is 15.2 Å². The third kappa shape index (κ3) is 2.82. The molecule has 1 aromatic carbocycles. The molecule has 0 amide bonds. The molecule has 0 bridgehead atoms. The van der Waals surface area contributed by atoms with Crippen LogP contribution in [0.4, 0.5) is 0 Å². The highest BCUT2D eigenvalue weighted by Crippen LogP contribution is 2.31. The van der Waals surface area contributed by atoms with Gasteiger partial charge >= 0.3 is 5.97 Å². The van der Waals surface area contributed by atoms with Gasteiger partial charge in [-0.2, -0.15) is 0 Å². The van der Waals surface area contributed by atoms with Gasteiger partial charge in [-0.25, -0.2) is 0 Å². The van der Waals surface area contributed by atoms with Crippen LogP contribution in [0.15, 0.2) is 6.07 Å². The van der Waals surface area contributed by atoms with Crippen molar-refractivity contribution in [1.29, 1.82) is 0 Å². The number of esters is 1. The summed E-state index contributed by atoms with van der Waals surface area (Å²) in [6, 6.07) is 1.63. The van der Waals surface area contributed by atoms with Crippen molar-refractivity contribution in [2.24, 2.45) is 5.73 Å². The van der Waals surface area contributed by atoms with E-state index in [1.54, 1.807) is 7.11 Å². The van der Waals surface area contributed by atoms with Crippen LogP contribution in [0.3, 0.4) is 0 Å². The fraction of sp³-hybridized carbons (Fsp3) is 0.500. The van der Waals surface area contributed by atoms with Crippen molar-refractivity contribution in [1.82, 2.24) is 0 Å². The topological polar surface area (TPSA) is 61.5 Å². The molecule has 0 aliphatic carbocycles. The first-order valence-electron chi connectivity index (χ1n) is 5.89. The van der Waals surface area contributed by atoms with Gasteiger partial charge in [-0.3, -0.25) is 4.79 Å². The Morgan fingerprint density at radius 1 is 1.28 bits per heavy atom. The molecule has 0 aliphatic rings. The first-order valence-corrected chi connectivity index (χ1v) is 5.89. The molecule has 0 saturated carbocycles. The highest BCUT2D eigenvalue weighted by Gasteiger charge is 2.18. The molecule has 2 N–H and O–H groups in total. The van der Waals surface area contributed by atoms with E-state index in [0.29, 0.717) is 0 Å². The fourth-order valence-electron chi connectivity index (χ4n) is 2.16. The van der Waals surface area contributed by atoms with Crippen molar-refractivity contribution in [3.63, 3.8) is 0 Å². The average Bonchev–Trinajstić information content (AvgIpc) is 2.34. The Kier molecular flexibility index (Phi) is 4.73. The third-order valence-electron chi connectivity index (χ3n) is 3.28. The van der Waals surface area contributed by atoms with E-state index in [2.05, 4.69) is 4.74 Å². The second-order valence-electron chi connectivity index (χ2n) is 4.45. The molecule has 18 heavy (non-hydrogen) atoms. The van der Waals surface area contributed by atoms with Crippen molar-refractivity contribution >= 4 is 5.97 Å². The molecule has 1 atom stereocenters. The Morgan fingerprint density at radius 3 is 2.39 bits per heavy atom. The Morgan fingerprint density at radius 2 is 1.89 bits per heavy atom. The second kappa shape index (κ2) is 5.87. The Balaban J connectivity index is 3.14. The largest absolute Gasteiger partial charge is 0.496 e. The van der Waals surface area contributed by atoms with Crippen LogP contribution in [0.1, 0.15) is 34.7 Å². The summed E-state index contributed by atoms with van der Waals surface area (Å²) in [5, 5.41) is 0. The Bertz CT molecular complexity index is 455. The SMILES string of the molecule is COC(=O)CC(N)c1cc(C)c(OC)c(C)c1C. The fourth-order valence-corrected chi connectivity index (χ4v) is 2.16. The minimum absolute atomic E-state index is 0.183. The van der Waals surface area contributed by atoms with Crippen molar-refractivity contribution in [2.45, 2.75) is 33.2 Å². The standard InChI is InChI=1S/C14H21NO3/c1-8-6-11(12(15)7-13(16)17-4)9(2)10(3)14(8)18-5/h6,12H,7,15H2,1-5H3. The summed E-state index contributed by atoms with van der Waals surface area (Å²) in [6.45, 7) is 5.96. The molecule has 0 aliphatic heterocycles. The number of aryl methyl sites for hydroxylation is 1. The van der Waals surface area contributed by atoms with Gasteiger partial charge in [0, 0.05) is 6.04 Å². The first-order chi connectivity index (χ1) is 8.42.